The van der Waals surface area contributed by atoms with Gasteiger partial charge in [0.15, 0.2) is 0 Å². The molecule has 78 valence electrons. The van der Waals surface area contributed by atoms with Gasteiger partial charge in [0.2, 0.25) is 0 Å². The maximum absolute atomic E-state index is 5.80. The van der Waals surface area contributed by atoms with Crippen LogP contribution in [0.25, 0.3) is 0 Å². The molecule has 3 heteroatoms. The van der Waals surface area contributed by atoms with Crippen LogP contribution in [0.5, 0.6) is 0 Å². The number of nitrogens with one attached hydrogen (secondary N) is 1. The molecule has 2 nitrogen and oxygen atoms in total. The Balaban J connectivity index is 2.14. The molecule has 0 radical (unpaired) electrons. The van der Waals surface area contributed by atoms with E-state index < -0.39 is 0 Å². The van der Waals surface area contributed by atoms with Crippen LogP contribution in [-0.2, 0) is 0 Å². The van der Waals surface area contributed by atoms with Gasteiger partial charge in [-0.2, -0.15) is 0 Å². The molecule has 2 heterocycles. The molecule has 1 aromatic heterocycles. The third-order valence-corrected chi connectivity index (χ3v) is 4.17. The molecular weight excluding hydrogens is 192 g/mol. The van der Waals surface area contributed by atoms with Crippen LogP contribution in [0.3, 0.4) is 0 Å². The first-order valence-electron chi connectivity index (χ1n) is 5.28. The van der Waals surface area contributed by atoms with Crippen LogP contribution in [0.2, 0.25) is 0 Å². The first kappa shape index (κ1) is 10.1. The van der Waals surface area contributed by atoms with Gasteiger partial charge < -0.3 is 11.1 Å². The van der Waals surface area contributed by atoms with Gasteiger partial charge in [-0.1, -0.05) is 0 Å². The standard InChI is InChI=1S/C11H18N2S/c1-8-2-3-11(14-8)10-4-5-13-7-9(10)6-12/h2-3,9-10,13H,4-7,12H2,1H3. The normalized spacial score (nSPS) is 27.9. The second-order valence-electron chi connectivity index (χ2n) is 4.04. The molecule has 1 saturated heterocycles. The van der Waals surface area contributed by atoms with Crippen molar-refractivity contribution in [1.29, 1.82) is 0 Å². The summed E-state index contributed by atoms with van der Waals surface area (Å²) in [6.07, 6.45) is 1.24. The van der Waals surface area contributed by atoms with E-state index in [-0.39, 0.29) is 0 Å². The van der Waals surface area contributed by atoms with Gasteiger partial charge in [-0.05, 0) is 56.9 Å². The Morgan fingerprint density at radius 3 is 3.07 bits per heavy atom. The zero-order chi connectivity index (χ0) is 9.97. The molecule has 1 aliphatic heterocycles. The molecule has 1 aromatic rings. The van der Waals surface area contributed by atoms with E-state index in [1.54, 1.807) is 0 Å². The molecule has 14 heavy (non-hydrogen) atoms. The lowest BCUT2D eigenvalue weighted by Crippen LogP contribution is -2.38. The van der Waals surface area contributed by atoms with Gasteiger partial charge in [0.1, 0.15) is 0 Å². The minimum absolute atomic E-state index is 0.627. The second kappa shape index (κ2) is 4.43. The van der Waals surface area contributed by atoms with Crippen molar-refractivity contribution in [3.63, 3.8) is 0 Å². The van der Waals surface area contributed by atoms with Crippen LogP contribution in [-0.4, -0.2) is 19.6 Å². The molecule has 2 atom stereocenters. The highest BCUT2D eigenvalue weighted by Gasteiger charge is 2.25. The Labute approximate surface area is 89.5 Å². The van der Waals surface area contributed by atoms with E-state index in [9.17, 15) is 0 Å². The molecule has 2 unspecified atom stereocenters. The van der Waals surface area contributed by atoms with Crippen LogP contribution in [0.4, 0.5) is 0 Å². The fraction of sp³-hybridized carbons (Fsp3) is 0.636. The zero-order valence-electron chi connectivity index (χ0n) is 8.62. The first-order valence-corrected chi connectivity index (χ1v) is 6.10. The van der Waals surface area contributed by atoms with Crippen molar-refractivity contribution < 1.29 is 0 Å². The minimum atomic E-state index is 0.627. The van der Waals surface area contributed by atoms with Crippen molar-refractivity contribution in [2.24, 2.45) is 11.7 Å². The number of hydrogen-bond donors (Lipinski definition) is 2. The Hall–Kier alpha value is -0.380. The predicted molar refractivity (Wildman–Crippen MR) is 61.8 cm³/mol. The minimum Gasteiger partial charge on any atom is -0.330 e. The number of hydrogen-bond acceptors (Lipinski definition) is 3. The highest BCUT2D eigenvalue weighted by Crippen LogP contribution is 2.33. The molecule has 1 aliphatic rings. The van der Waals surface area contributed by atoms with Crippen molar-refractivity contribution in [2.75, 3.05) is 19.6 Å². The van der Waals surface area contributed by atoms with Crippen molar-refractivity contribution >= 4 is 11.3 Å². The fourth-order valence-electron chi connectivity index (χ4n) is 2.20. The summed E-state index contributed by atoms with van der Waals surface area (Å²) in [7, 11) is 0. The highest BCUT2D eigenvalue weighted by molar-refractivity contribution is 7.12. The summed E-state index contributed by atoms with van der Waals surface area (Å²) in [5.41, 5.74) is 5.80. The lowest BCUT2D eigenvalue weighted by atomic mass is 9.85. The Morgan fingerprint density at radius 2 is 2.43 bits per heavy atom. The van der Waals surface area contributed by atoms with Gasteiger partial charge >= 0.3 is 0 Å². The lowest BCUT2D eigenvalue weighted by molar-refractivity contribution is 0.336. The lowest BCUT2D eigenvalue weighted by Gasteiger charge is -2.30. The van der Waals surface area contributed by atoms with Crippen LogP contribution in [0, 0.1) is 12.8 Å². The molecule has 0 saturated carbocycles. The van der Waals surface area contributed by atoms with Gasteiger partial charge in [0.05, 0.1) is 0 Å². The van der Waals surface area contributed by atoms with E-state index in [1.807, 2.05) is 11.3 Å². The van der Waals surface area contributed by atoms with Crippen LogP contribution in [0.15, 0.2) is 12.1 Å². The van der Waals surface area contributed by atoms with E-state index in [1.165, 1.54) is 16.2 Å². The zero-order valence-corrected chi connectivity index (χ0v) is 9.44. The number of rotatable bonds is 2. The van der Waals surface area contributed by atoms with Gasteiger partial charge in [-0.15, -0.1) is 11.3 Å². The largest absolute Gasteiger partial charge is 0.330 e. The molecule has 0 amide bonds. The fourth-order valence-corrected chi connectivity index (χ4v) is 3.30. The molecule has 0 bridgehead atoms. The maximum Gasteiger partial charge on any atom is 0.00832 e. The van der Waals surface area contributed by atoms with E-state index in [0.29, 0.717) is 11.8 Å². The van der Waals surface area contributed by atoms with Crippen molar-refractivity contribution in [3.8, 4) is 0 Å². The third-order valence-electron chi connectivity index (χ3n) is 3.04. The number of nitrogens with two attached hydrogens (primary N) is 1. The Kier molecular flexibility index (Phi) is 3.21. The van der Waals surface area contributed by atoms with Gasteiger partial charge in [0.25, 0.3) is 0 Å². The molecule has 2 rings (SSSR count). The van der Waals surface area contributed by atoms with Gasteiger partial charge in [-0.3, -0.25) is 0 Å². The SMILES string of the molecule is Cc1ccc(C2CCNCC2CN)s1. The quantitative estimate of drug-likeness (QED) is 0.780. The van der Waals surface area contributed by atoms with E-state index in [2.05, 4.69) is 24.4 Å². The molecule has 3 N–H and O–H groups in total. The van der Waals surface area contributed by atoms with Crippen molar-refractivity contribution in [2.45, 2.75) is 19.3 Å². The topological polar surface area (TPSA) is 38.0 Å². The maximum atomic E-state index is 5.80. The molecule has 0 aromatic carbocycles. The van der Waals surface area contributed by atoms with E-state index in [4.69, 9.17) is 5.73 Å². The summed E-state index contributed by atoms with van der Waals surface area (Å²) in [5.74, 6) is 1.32. The summed E-state index contributed by atoms with van der Waals surface area (Å²) in [6.45, 7) is 5.19. The smallest absolute Gasteiger partial charge is 0.00832 e. The monoisotopic (exact) mass is 210 g/mol. The summed E-state index contributed by atoms with van der Waals surface area (Å²) in [5, 5.41) is 3.42. The van der Waals surface area contributed by atoms with Crippen LogP contribution in [0.1, 0.15) is 22.1 Å². The summed E-state index contributed by atoms with van der Waals surface area (Å²) in [6, 6.07) is 4.49. The summed E-state index contributed by atoms with van der Waals surface area (Å²) >= 11 is 1.93. The Bertz CT molecular complexity index is 295. The van der Waals surface area contributed by atoms with Crippen molar-refractivity contribution in [3.05, 3.63) is 21.9 Å². The number of piperidine rings is 1. The van der Waals surface area contributed by atoms with E-state index >= 15 is 0 Å². The second-order valence-corrected chi connectivity index (χ2v) is 5.36. The third kappa shape index (κ3) is 2.00. The molecule has 0 aliphatic carbocycles. The molecule has 0 spiro atoms. The molecule has 1 fully saturated rings. The number of thiophene rings is 1. The average Bonchev–Trinajstić information content (AvgIpc) is 2.65. The average molecular weight is 210 g/mol. The Morgan fingerprint density at radius 1 is 1.57 bits per heavy atom. The van der Waals surface area contributed by atoms with E-state index in [0.717, 1.165) is 19.6 Å². The number of aryl methyl sites for hydroxylation is 1. The molecular formula is C11H18N2S. The van der Waals surface area contributed by atoms with Crippen molar-refractivity contribution in [1.82, 2.24) is 5.32 Å². The highest BCUT2D eigenvalue weighted by atomic mass is 32.1. The van der Waals surface area contributed by atoms with Gasteiger partial charge in [0, 0.05) is 9.75 Å². The summed E-state index contributed by atoms with van der Waals surface area (Å²) < 4.78 is 0. The van der Waals surface area contributed by atoms with Crippen LogP contribution >= 0.6 is 11.3 Å². The predicted octanol–water partition coefficient (Wildman–Crippen LogP) is 1.71. The van der Waals surface area contributed by atoms with Crippen LogP contribution < -0.4 is 11.1 Å². The summed E-state index contributed by atoms with van der Waals surface area (Å²) in [4.78, 5) is 2.94. The van der Waals surface area contributed by atoms with Gasteiger partial charge in [-0.25, -0.2) is 0 Å². The first-order chi connectivity index (χ1) is 6.81.